The Morgan fingerprint density at radius 2 is 2.05 bits per heavy atom. The van der Waals surface area contributed by atoms with Crippen molar-refractivity contribution in [3.05, 3.63) is 23.8 Å². The zero-order chi connectivity index (χ0) is 14.3. The van der Waals surface area contributed by atoms with Gasteiger partial charge in [-0.15, -0.1) is 0 Å². The van der Waals surface area contributed by atoms with Gasteiger partial charge in [-0.2, -0.15) is 0 Å². The molecular weight excluding hydrogens is 246 g/mol. The molecule has 0 aromatic heterocycles. The number of nitrogens with one attached hydrogen (secondary N) is 2. The normalized spacial score (nSPS) is 9.79. The summed E-state index contributed by atoms with van der Waals surface area (Å²) in [5, 5.41) is 5.57. The highest BCUT2D eigenvalue weighted by atomic mass is 16.5. The molecule has 0 heterocycles. The number of amides is 1. The minimum atomic E-state index is -0.413. The molecule has 0 fully saturated rings. The van der Waals surface area contributed by atoms with Crippen LogP contribution in [0.25, 0.3) is 0 Å². The van der Waals surface area contributed by atoms with E-state index in [9.17, 15) is 9.59 Å². The number of nitrogens with two attached hydrogens (primary N) is 1. The number of benzene rings is 1. The van der Waals surface area contributed by atoms with Crippen LogP contribution in [-0.4, -0.2) is 31.6 Å². The zero-order valence-electron chi connectivity index (χ0n) is 11.2. The average Bonchev–Trinajstić information content (AvgIpc) is 2.38. The van der Waals surface area contributed by atoms with Gasteiger partial charge in [-0.3, -0.25) is 4.79 Å². The van der Waals surface area contributed by atoms with Gasteiger partial charge in [0.15, 0.2) is 0 Å². The first-order valence-electron chi connectivity index (χ1n) is 6.15. The van der Waals surface area contributed by atoms with Crippen LogP contribution in [0.4, 0.5) is 11.4 Å². The lowest BCUT2D eigenvalue weighted by Crippen LogP contribution is -2.29. The highest BCUT2D eigenvalue weighted by Crippen LogP contribution is 2.20. The molecule has 1 aromatic rings. The van der Waals surface area contributed by atoms with Gasteiger partial charge >= 0.3 is 5.97 Å². The monoisotopic (exact) mass is 265 g/mol. The molecule has 0 saturated heterocycles. The Morgan fingerprint density at radius 1 is 1.32 bits per heavy atom. The summed E-state index contributed by atoms with van der Waals surface area (Å²) in [7, 11) is 0. The van der Waals surface area contributed by atoms with Crippen molar-refractivity contribution in [2.45, 2.75) is 13.8 Å². The molecule has 0 saturated carbocycles. The van der Waals surface area contributed by atoms with E-state index in [0.29, 0.717) is 30.1 Å². The topological polar surface area (TPSA) is 93.5 Å². The first kappa shape index (κ1) is 14.8. The molecule has 0 unspecified atom stereocenters. The number of rotatable bonds is 6. The van der Waals surface area contributed by atoms with Crippen molar-refractivity contribution in [1.29, 1.82) is 0 Å². The summed E-state index contributed by atoms with van der Waals surface area (Å²) in [6, 6.07) is 4.78. The summed E-state index contributed by atoms with van der Waals surface area (Å²) < 4.78 is 4.87. The van der Waals surface area contributed by atoms with Gasteiger partial charge in [-0.1, -0.05) is 0 Å². The Bertz CT molecular complexity index is 460. The molecular formula is C13H19N3O3. The Labute approximate surface area is 112 Å². The fraction of sp³-hybridized carbons (Fsp3) is 0.385. The molecule has 0 aliphatic rings. The minimum Gasteiger partial charge on any atom is -0.462 e. The quantitative estimate of drug-likeness (QED) is 0.527. The Hall–Kier alpha value is -2.24. The van der Waals surface area contributed by atoms with Crippen molar-refractivity contribution in [3.8, 4) is 0 Å². The van der Waals surface area contributed by atoms with Gasteiger partial charge in [0.05, 0.1) is 30.1 Å². The molecule has 1 rings (SSSR count). The second-order valence-electron chi connectivity index (χ2n) is 3.83. The number of likely N-dealkylation sites (N-methyl/N-ethyl adjacent to an activating group) is 1. The molecule has 6 nitrogen and oxygen atoms in total. The predicted molar refractivity (Wildman–Crippen MR) is 74.0 cm³/mol. The summed E-state index contributed by atoms with van der Waals surface area (Å²) in [5.41, 5.74) is 7.21. The van der Waals surface area contributed by atoms with E-state index in [1.807, 2.05) is 6.92 Å². The van der Waals surface area contributed by atoms with Gasteiger partial charge in [0.25, 0.3) is 0 Å². The van der Waals surface area contributed by atoms with Crippen molar-refractivity contribution in [3.63, 3.8) is 0 Å². The molecule has 19 heavy (non-hydrogen) atoms. The SMILES string of the molecule is CCNC(=O)CNc1ccc(C(=O)OCC)cc1N. The van der Waals surface area contributed by atoms with Gasteiger partial charge in [0, 0.05) is 6.54 Å². The van der Waals surface area contributed by atoms with Crippen LogP contribution in [0.5, 0.6) is 0 Å². The lowest BCUT2D eigenvalue weighted by atomic mass is 10.1. The van der Waals surface area contributed by atoms with Gasteiger partial charge in [-0.25, -0.2) is 4.79 Å². The van der Waals surface area contributed by atoms with Crippen molar-refractivity contribution >= 4 is 23.3 Å². The van der Waals surface area contributed by atoms with Crippen LogP contribution in [0.3, 0.4) is 0 Å². The van der Waals surface area contributed by atoms with E-state index in [1.165, 1.54) is 6.07 Å². The lowest BCUT2D eigenvalue weighted by molar-refractivity contribution is -0.119. The fourth-order valence-electron chi connectivity index (χ4n) is 1.50. The largest absolute Gasteiger partial charge is 0.462 e. The standard InChI is InChI=1S/C13H19N3O3/c1-3-15-12(17)8-16-11-6-5-9(7-10(11)14)13(18)19-4-2/h5-7,16H,3-4,8,14H2,1-2H3,(H,15,17). The van der Waals surface area contributed by atoms with Crippen LogP contribution in [-0.2, 0) is 9.53 Å². The highest BCUT2D eigenvalue weighted by Gasteiger charge is 2.09. The predicted octanol–water partition coefficient (Wildman–Crippen LogP) is 0.993. The number of ether oxygens (including phenoxy) is 1. The molecule has 0 aliphatic heterocycles. The highest BCUT2D eigenvalue weighted by molar-refractivity contribution is 5.92. The lowest BCUT2D eigenvalue weighted by Gasteiger charge is -2.10. The molecule has 0 aliphatic carbocycles. The number of carbonyl (C=O) groups is 2. The van der Waals surface area contributed by atoms with Crippen molar-refractivity contribution < 1.29 is 14.3 Å². The molecule has 0 atom stereocenters. The summed E-state index contributed by atoms with van der Waals surface area (Å²) in [6.45, 7) is 4.62. The van der Waals surface area contributed by atoms with Gasteiger partial charge in [-0.05, 0) is 32.0 Å². The summed E-state index contributed by atoms with van der Waals surface area (Å²) in [6.07, 6.45) is 0. The van der Waals surface area contributed by atoms with E-state index < -0.39 is 5.97 Å². The van der Waals surface area contributed by atoms with E-state index in [4.69, 9.17) is 10.5 Å². The van der Waals surface area contributed by atoms with E-state index in [0.717, 1.165) is 0 Å². The molecule has 0 spiro atoms. The smallest absolute Gasteiger partial charge is 0.338 e. The average molecular weight is 265 g/mol. The Kier molecular flexibility index (Phi) is 5.66. The van der Waals surface area contributed by atoms with Crippen molar-refractivity contribution in [1.82, 2.24) is 5.32 Å². The maximum atomic E-state index is 11.5. The Balaban J connectivity index is 2.67. The van der Waals surface area contributed by atoms with Crippen LogP contribution in [0, 0.1) is 0 Å². The summed E-state index contributed by atoms with van der Waals surface area (Å²) >= 11 is 0. The number of hydrogen-bond donors (Lipinski definition) is 3. The van der Waals surface area contributed by atoms with Crippen molar-refractivity contribution in [2.75, 3.05) is 30.7 Å². The number of nitrogen functional groups attached to an aromatic ring is 1. The second-order valence-corrected chi connectivity index (χ2v) is 3.83. The Morgan fingerprint density at radius 3 is 2.63 bits per heavy atom. The number of hydrogen-bond acceptors (Lipinski definition) is 5. The number of anilines is 2. The molecule has 1 amide bonds. The maximum absolute atomic E-state index is 11.5. The van der Waals surface area contributed by atoms with Gasteiger partial charge in [0.1, 0.15) is 0 Å². The first-order chi connectivity index (χ1) is 9.08. The van der Waals surface area contributed by atoms with Crippen LogP contribution < -0.4 is 16.4 Å². The van der Waals surface area contributed by atoms with E-state index in [1.54, 1.807) is 19.1 Å². The van der Waals surface area contributed by atoms with E-state index in [2.05, 4.69) is 10.6 Å². The minimum absolute atomic E-state index is 0.114. The summed E-state index contributed by atoms with van der Waals surface area (Å²) in [5.74, 6) is -0.527. The molecule has 1 aromatic carbocycles. The van der Waals surface area contributed by atoms with E-state index in [-0.39, 0.29) is 12.5 Å². The molecule has 0 bridgehead atoms. The number of esters is 1. The third-order valence-corrected chi connectivity index (χ3v) is 2.38. The maximum Gasteiger partial charge on any atom is 0.338 e. The van der Waals surface area contributed by atoms with Gasteiger partial charge < -0.3 is 21.1 Å². The summed E-state index contributed by atoms with van der Waals surface area (Å²) in [4.78, 5) is 22.8. The first-order valence-corrected chi connectivity index (χ1v) is 6.15. The number of carbonyl (C=O) groups excluding carboxylic acids is 2. The van der Waals surface area contributed by atoms with Crippen LogP contribution in [0.2, 0.25) is 0 Å². The molecule has 0 radical (unpaired) electrons. The third-order valence-electron chi connectivity index (χ3n) is 2.38. The molecule has 104 valence electrons. The fourth-order valence-corrected chi connectivity index (χ4v) is 1.50. The van der Waals surface area contributed by atoms with Crippen LogP contribution >= 0.6 is 0 Å². The third kappa shape index (κ3) is 4.50. The molecule has 6 heteroatoms. The van der Waals surface area contributed by atoms with Crippen LogP contribution in [0.1, 0.15) is 24.2 Å². The second kappa shape index (κ2) is 7.25. The van der Waals surface area contributed by atoms with E-state index >= 15 is 0 Å². The van der Waals surface area contributed by atoms with Crippen molar-refractivity contribution in [2.24, 2.45) is 0 Å². The molecule has 4 N–H and O–H groups in total. The van der Waals surface area contributed by atoms with Crippen LogP contribution in [0.15, 0.2) is 18.2 Å². The van der Waals surface area contributed by atoms with Gasteiger partial charge in [0.2, 0.25) is 5.91 Å². The zero-order valence-corrected chi connectivity index (χ0v) is 11.2.